The van der Waals surface area contributed by atoms with Gasteiger partial charge in [0.2, 0.25) is 5.91 Å². The maximum absolute atomic E-state index is 13.0. The van der Waals surface area contributed by atoms with Gasteiger partial charge in [0.05, 0.1) is 33.9 Å². The van der Waals surface area contributed by atoms with Crippen LogP contribution in [0.5, 0.6) is 11.5 Å². The Morgan fingerprint density at radius 3 is 1.97 bits per heavy atom. The van der Waals surface area contributed by atoms with Crippen molar-refractivity contribution >= 4 is 31.8 Å². The minimum atomic E-state index is -1.10. The molecule has 0 spiro atoms. The van der Waals surface area contributed by atoms with Crippen molar-refractivity contribution in [1.29, 1.82) is 0 Å². The highest BCUT2D eigenvalue weighted by atomic mass is 16.6. The molecule has 0 aromatic heterocycles. The smallest absolute Gasteiger partial charge is 0.407 e. The molecule has 1 heterocycles. The summed E-state index contributed by atoms with van der Waals surface area (Å²) < 4.78 is 45.8. The van der Waals surface area contributed by atoms with Crippen LogP contribution >= 0.6 is 0 Å². The van der Waals surface area contributed by atoms with E-state index in [4.69, 9.17) is 45.7 Å². The first kappa shape index (κ1) is 50.5. The third-order valence-corrected chi connectivity index (χ3v) is 10.5. The molecule has 2 radical (unpaired) electrons. The van der Waals surface area contributed by atoms with Gasteiger partial charge in [0.15, 0.2) is 6.10 Å². The minimum absolute atomic E-state index is 0.0275. The molecule has 1 aliphatic rings. The lowest BCUT2D eigenvalue weighted by Gasteiger charge is -2.37. The van der Waals surface area contributed by atoms with Crippen molar-refractivity contribution in [2.75, 3.05) is 53.7 Å². The summed E-state index contributed by atoms with van der Waals surface area (Å²) in [6.45, 7) is 7.10. The largest absolute Gasteiger partial charge is 0.497 e. The van der Waals surface area contributed by atoms with Gasteiger partial charge in [-0.2, -0.15) is 0 Å². The third-order valence-electron chi connectivity index (χ3n) is 10.5. The highest BCUT2D eigenvalue weighted by Gasteiger charge is 2.42. The van der Waals surface area contributed by atoms with Gasteiger partial charge in [0, 0.05) is 45.5 Å². The lowest BCUT2D eigenvalue weighted by atomic mass is 9.80. The van der Waals surface area contributed by atoms with Gasteiger partial charge < -0.3 is 48.5 Å². The molecule has 3 aromatic rings. The number of unbranched alkanes of at least 4 members (excludes halogenated alkanes) is 3. The molecule has 3 aromatic carbocycles. The average Bonchev–Trinajstić information content (AvgIpc) is 3.63. The number of carbonyl (C=O) groups excluding carboxylic acids is 4. The van der Waals surface area contributed by atoms with E-state index in [0.717, 1.165) is 55.2 Å². The quantitative estimate of drug-likeness (QED) is 0.0259. The van der Waals surface area contributed by atoms with E-state index in [0.29, 0.717) is 37.1 Å². The molecule has 2 amide bonds. The van der Waals surface area contributed by atoms with Gasteiger partial charge in [-0.25, -0.2) is 4.79 Å². The average molecular weight is 873 g/mol. The number of carbonyl (C=O) groups is 4. The monoisotopic (exact) mass is 872 g/mol. The van der Waals surface area contributed by atoms with E-state index in [9.17, 15) is 19.2 Å². The Morgan fingerprint density at radius 1 is 0.778 bits per heavy atom. The van der Waals surface area contributed by atoms with Gasteiger partial charge in [0.1, 0.15) is 43.8 Å². The van der Waals surface area contributed by atoms with E-state index in [-0.39, 0.29) is 45.0 Å². The molecule has 63 heavy (non-hydrogen) atoms. The normalized spacial score (nSPS) is 16.5. The molecule has 4 unspecified atom stereocenters. The van der Waals surface area contributed by atoms with Gasteiger partial charge in [-0.3, -0.25) is 14.4 Å². The van der Waals surface area contributed by atoms with Gasteiger partial charge in [0.25, 0.3) is 0 Å². The van der Waals surface area contributed by atoms with E-state index in [1.54, 1.807) is 14.2 Å². The lowest BCUT2D eigenvalue weighted by Crippen LogP contribution is -2.39. The number of amides is 2. The fourth-order valence-corrected chi connectivity index (χ4v) is 7.23. The molecular weight excluding hydrogens is 807 g/mol. The summed E-state index contributed by atoms with van der Waals surface area (Å²) in [4.78, 5) is 49.2. The zero-order chi connectivity index (χ0) is 45.5. The lowest BCUT2D eigenvalue weighted by molar-refractivity contribution is -0.156. The summed E-state index contributed by atoms with van der Waals surface area (Å²) >= 11 is 0. The van der Waals surface area contributed by atoms with Crippen LogP contribution < -0.4 is 20.1 Å². The first-order chi connectivity index (χ1) is 30.4. The minimum Gasteiger partial charge on any atom is -0.497 e. The number of esters is 2. The number of methoxy groups -OCH3 is 2. The second-order valence-corrected chi connectivity index (χ2v) is 15.9. The molecule has 1 fully saturated rings. The zero-order valence-corrected chi connectivity index (χ0v) is 37.5. The number of alkyl carbamates (subject to hydrolysis) is 1. The van der Waals surface area contributed by atoms with Crippen LogP contribution in [0.3, 0.4) is 0 Å². The summed E-state index contributed by atoms with van der Waals surface area (Å²) in [6.07, 6.45) is 2.57. The predicted octanol–water partition coefficient (Wildman–Crippen LogP) is 6.78. The first-order valence-corrected chi connectivity index (χ1v) is 21.9. The van der Waals surface area contributed by atoms with Crippen LogP contribution in [0.2, 0.25) is 0 Å². The molecule has 4 atom stereocenters. The molecule has 342 valence electrons. The fraction of sp³-hybridized carbons (Fsp3) is 0.542. The Hall–Kier alpha value is -5.12. The second kappa shape index (κ2) is 27.2. The highest BCUT2D eigenvalue weighted by molar-refractivity contribution is 6.11. The van der Waals surface area contributed by atoms with Crippen molar-refractivity contribution in [3.63, 3.8) is 0 Å². The standard InChI is InChI=1S/C48H65BN2O12/c1-34(2)14-13-29-58-31-41(61-35(3)52)32-59-47(55)51-28-12-7-6-11-27-50-45(53)25-26-46(54)63-42-30-44(49)62-43(42)33-60-48(36-15-9-8-10-16-36,37-17-21-39(56-4)22-18-37)38-19-23-40(57-5)24-20-38/h8-10,15-24,34,41-44H,6-7,11-14,25-33H2,1-5H3,(H,50,53)(H,51,55). The number of hydrogen-bond donors (Lipinski definition) is 2. The van der Waals surface area contributed by atoms with E-state index < -0.39 is 47.9 Å². The number of nitrogens with one attached hydrogen (secondary N) is 2. The first-order valence-electron chi connectivity index (χ1n) is 21.9. The van der Waals surface area contributed by atoms with Crippen LogP contribution in [0.1, 0.15) is 95.2 Å². The third kappa shape index (κ3) is 17.2. The number of benzene rings is 3. The topological polar surface area (TPSA) is 166 Å². The Balaban J connectivity index is 1.18. The maximum atomic E-state index is 13.0. The van der Waals surface area contributed by atoms with Gasteiger partial charge >= 0.3 is 18.0 Å². The van der Waals surface area contributed by atoms with Crippen molar-refractivity contribution in [2.24, 2.45) is 5.92 Å². The van der Waals surface area contributed by atoms with Crippen molar-refractivity contribution < 1.29 is 57.1 Å². The molecule has 1 aliphatic heterocycles. The Labute approximate surface area is 373 Å². The van der Waals surface area contributed by atoms with Crippen LogP contribution in [0.4, 0.5) is 4.79 Å². The summed E-state index contributed by atoms with van der Waals surface area (Å²) in [7, 11) is 9.46. The fourth-order valence-electron chi connectivity index (χ4n) is 7.23. The van der Waals surface area contributed by atoms with Crippen LogP contribution in [0, 0.1) is 5.92 Å². The van der Waals surface area contributed by atoms with Gasteiger partial charge in [-0.1, -0.05) is 81.3 Å². The highest BCUT2D eigenvalue weighted by Crippen LogP contribution is 2.42. The predicted molar refractivity (Wildman–Crippen MR) is 238 cm³/mol. The second-order valence-electron chi connectivity index (χ2n) is 15.9. The van der Waals surface area contributed by atoms with E-state index >= 15 is 0 Å². The van der Waals surface area contributed by atoms with E-state index in [2.05, 4.69) is 24.5 Å². The van der Waals surface area contributed by atoms with Gasteiger partial charge in [-0.05, 0) is 72.6 Å². The van der Waals surface area contributed by atoms with Crippen molar-refractivity contribution in [3.8, 4) is 11.5 Å². The number of ether oxygens (including phenoxy) is 8. The van der Waals surface area contributed by atoms with Crippen LogP contribution in [0.25, 0.3) is 0 Å². The zero-order valence-electron chi connectivity index (χ0n) is 37.5. The molecule has 2 N–H and O–H groups in total. The van der Waals surface area contributed by atoms with Crippen molar-refractivity contribution in [3.05, 3.63) is 95.6 Å². The SMILES string of the molecule is [B]C1CC(OC(=O)CCC(=O)NCCCCCCNC(=O)OCC(COCCCC(C)C)OC(C)=O)C(COC(c2ccccc2)(c2ccc(OC)cc2)c2ccc(OC)cc2)O1. The Morgan fingerprint density at radius 2 is 1.38 bits per heavy atom. The van der Waals surface area contributed by atoms with E-state index in [1.165, 1.54) is 6.92 Å². The number of hydrogen-bond acceptors (Lipinski definition) is 12. The molecule has 15 heteroatoms. The summed E-state index contributed by atoms with van der Waals surface area (Å²) in [6, 6.07) is 24.5. The summed E-state index contributed by atoms with van der Waals surface area (Å²) in [5.74, 6) is 0.721. The van der Waals surface area contributed by atoms with Crippen molar-refractivity contribution in [2.45, 2.75) is 108 Å². The summed E-state index contributed by atoms with van der Waals surface area (Å²) in [5, 5.41) is 5.56. The maximum Gasteiger partial charge on any atom is 0.407 e. The van der Waals surface area contributed by atoms with Crippen molar-refractivity contribution in [1.82, 2.24) is 10.6 Å². The van der Waals surface area contributed by atoms with Crippen LogP contribution in [0.15, 0.2) is 78.9 Å². The van der Waals surface area contributed by atoms with Crippen LogP contribution in [-0.2, 0) is 48.4 Å². The molecule has 4 rings (SSSR count). The Kier molecular flexibility index (Phi) is 21.8. The van der Waals surface area contributed by atoms with Gasteiger partial charge in [-0.15, -0.1) is 0 Å². The van der Waals surface area contributed by atoms with Crippen LogP contribution in [-0.4, -0.2) is 110 Å². The van der Waals surface area contributed by atoms with E-state index in [1.807, 2.05) is 78.9 Å². The summed E-state index contributed by atoms with van der Waals surface area (Å²) in [5.41, 5.74) is 1.45. The molecule has 1 saturated heterocycles. The molecule has 0 saturated carbocycles. The molecule has 14 nitrogen and oxygen atoms in total. The molecule has 0 aliphatic carbocycles. The molecule has 0 bridgehead atoms. The Bertz CT molecular complexity index is 1760. The molecular formula is C48H65BN2O12. The number of rotatable bonds is 28.